The van der Waals surface area contributed by atoms with Gasteiger partial charge >= 0.3 is 0 Å². The van der Waals surface area contributed by atoms with Gasteiger partial charge in [0, 0.05) is 0 Å². The van der Waals surface area contributed by atoms with Gasteiger partial charge in [-0.2, -0.15) is 0 Å². The molecule has 0 aromatic carbocycles. The van der Waals surface area contributed by atoms with Crippen LogP contribution in [0.25, 0.3) is 0 Å². The highest BCUT2D eigenvalue weighted by molar-refractivity contribution is 4.80. The molecule has 0 unspecified atom stereocenters. The van der Waals surface area contributed by atoms with Crippen molar-refractivity contribution in [2.45, 2.75) is 51.9 Å². The molecule has 0 aromatic rings. The van der Waals surface area contributed by atoms with Gasteiger partial charge in [-0.1, -0.05) is 38.3 Å². The SMILES string of the molecule is CCCC=CCCCCCC[O]. The second-order valence-corrected chi connectivity index (χ2v) is 3.17. The van der Waals surface area contributed by atoms with Crippen LogP contribution in [-0.4, -0.2) is 6.61 Å². The maximum atomic E-state index is 10.1. The molecule has 0 N–H and O–H groups in total. The van der Waals surface area contributed by atoms with Gasteiger partial charge in [0.1, 0.15) is 0 Å². The smallest absolute Gasteiger partial charge is 0.0822 e. The van der Waals surface area contributed by atoms with Crippen LogP contribution >= 0.6 is 0 Å². The Balaban J connectivity index is 2.90. The molecule has 0 saturated heterocycles. The second kappa shape index (κ2) is 10.7. The molecule has 0 aromatic heterocycles. The van der Waals surface area contributed by atoms with Crippen LogP contribution in [0.1, 0.15) is 51.9 Å². The van der Waals surface area contributed by atoms with E-state index in [1.807, 2.05) is 0 Å². The molecule has 0 rings (SSSR count). The molecule has 1 radical (unpaired) electrons. The van der Waals surface area contributed by atoms with Crippen LogP contribution in [0.5, 0.6) is 0 Å². The van der Waals surface area contributed by atoms with Gasteiger partial charge in [-0.25, -0.2) is 5.11 Å². The molecular weight excluding hydrogens is 148 g/mol. The lowest BCUT2D eigenvalue weighted by Gasteiger charge is -1.94. The van der Waals surface area contributed by atoms with Gasteiger partial charge in [-0.3, -0.25) is 0 Å². The molecule has 0 spiro atoms. The summed E-state index contributed by atoms with van der Waals surface area (Å²) in [5, 5.41) is 10.1. The Morgan fingerprint density at radius 1 is 0.917 bits per heavy atom. The lowest BCUT2D eigenvalue weighted by atomic mass is 10.1. The van der Waals surface area contributed by atoms with Crippen LogP contribution in [0.4, 0.5) is 0 Å². The summed E-state index contributed by atoms with van der Waals surface area (Å²) in [5.74, 6) is 0. The van der Waals surface area contributed by atoms with E-state index >= 15 is 0 Å². The zero-order chi connectivity index (χ0) is 9.07. The number of hydrogen-bond acceptors (Lipinski definition) is 0. The predicted molar refractivity (Wildman–Crippen MR) is 52.7 cm³/mol. The normalized spacial score (nSPS) is 11.2. The summed E-state index contributed by atoms with van der Waals surface area (Å²) in [4.78, 5) is 0. The molecule has 71 valence electrons. The fourth-order valence-corrected chi connectivity index (χ4v) is 1.12. The van der Waals surface area contributed by atoms with Crippen molar-refractivity contribution in [3.05, 3.63) is 12.2 Å². The average molecular weight is 169 g/mol. The molecule has 0 fully saturated rings. The third kappa shape index (κ3) is 9.70. The van der Waals surface area contributed by atoms with Crippen molar-refractivity contribution in [3.63, 3.8) is 0 Å². The first-order chi connectivity index (χ1) is 5.91. The van der Waals surface area contributed by atoms with Crippen LogP contribution in [-0.2, 0) is 5.11 Å². The first-order valence-electron chi connectivity index (χ1n) is 5.15. The Labute approximate surface area is 76.5 Å². The molecule has 0 atom stereocenters. The van der Waals surface area contributed by atoms with Gasteiger partial charge in [0.05, 0.1) is 6.61 Å². The number of hydrogen-bond donors (Lipinski definition) is 0. The molecule has 0 heterocycles. The van der Waals surface area contributed by atoms with Crippen LogP contribution < -0.4 is 0 Å². The highest BCUT2D eigenvalue weighted by Crippen LogP contribution is 2.03. The molecule has 0 amide bonds. The van der Waals surface area contributed by atoms with Gasteiger partial charge < -0.3 is 0 Å². The van der Waals surface area contributed by atoms with Crippen molar-refractivity contribution in [3.8, 4) is 0 Å². The topological polar surface area (TPSA) is 19.9 Å². The van der Waals surface area contributed by atoms with E-state index in [4.69, 9.17) is 0 Å². The van der Waals surface area contributed by atoms with Crippen LogP contribution in [0.2, 0.25) is 0 Å². The monoisotopic (exact) mass is 169 g/mol. The minimum atomic E-state index is 0.103. The zero-order valence-electron chi connectivity index (χ0n) is 8.22. The quantitative estimate of drug-likeness (QED) is 0.390. The van der Waals surface area contributed by atoms with Gasteiger partial charge in [0.2, 0.25) is 0 Å². The van der Waals surface area contributed by atoms with Crippen molar-refractivity contribution in [1.82, 2.24) is 0 Å². The Bertz CT molecular complexity index is 97.2. The summed E-state index contributed by atoms with van der Waals surface area (Å²) in [6.07, 6.45) is 12.6. The first kappa shape index (κ1) is 11.7. The van der Waals surface area contributed by atoms with Crippen LogP contribution in [0.3, 0.4) is 0 Å². The third-order valence-corrected chi connectivity index (χ3v) is 1.89. The van der Waals surface area contributed by atoms with E-state index in [2.05, 4.69) is 19.1 Å². The molecular formula is C11H21O. The van der Waals surface area contributed by atoms with Crippen molar-refractivity contribution in [1.29, 1.82) is 0 Å². The summed E-state index contributed by atoms with van der Waals surface area (Å²) in [6, 6.07) is 0. The Morgan fingerprint density at radius 3 is 2.25 bits per heavy atom. The van der Waals surface area contributed by atoms with E-state index in [0.29, 0.717) is 0 Å². The van der Waals surface area contributed by atoms with E-state index in [-0.39, 0.29) is 6.61 Å². The fourth-order valence-electron chi connectivity index (χ4n) is 1.12. The van der Waals surface area contributed by atoms with Crippen LogP contribution in [0, 0.1) is 0 Å². The van der Waals surface area contributed by atoms with Gasteiger partial charge in [-0.15, -0.1) is 0 Å². The second-order valence-electron chi connectivity index (χ2n) is 3.17. The van der Waals surface area contributed by atoms with Gasteiger partial charge in [0.25, 0.3) is 0 Å². The fraction of sp³-hybridized carbons (Fsp3) is 0.818. The summed E-state index contributed by atoms with van der Waals surface area (Å²) < 4.78 is 0. The first-order valence-corrected chi connectivity index (χ1v) is 5.15. The maximum absolute atomic E-state index is 10.1. The van der Waals surface area contributed by atoms with Crippen molar-refractivity contribution in [2.75, 3.05) is 6.61 Å². The minimum absolute atomic E-state index is 0.103. The molecule has 0 saturated carbocycles. The highest BCUT2D eigenvalue weighted by atomic mass is 16.2. The standard InChI is InChI=1S/C11H21O/c1-2-3-4-5-6-7-8-9-10-11-12/h4-5H,2-3,6-11H2,1H3. The van der Waals surface area contributed by atoms with Crippen molar-refractivity contribution < 1.29 is 5.11 Å². The molecule has 0 aliphatic rings. The Hall–Kier alpha value is -0.300. The van der Waals surface area contributed by atoms with Crippen molar-refractivity contribution in [2.24, 2.45) is 0 Å². The molecule has 1 heteroatoms. The van der Waals surface area contributed by atoms with E-state index in [1.54, 1.807) is 0 Å². The van der Waals surface area contributed by atoms with Gasteiger partial charge in [-0.05, 0) is 25.7 Å². The summed E-state index contributed by atoms with van der Waals surface area (Å²) in [7, 11) is 0. The summed E-state index contributed by atoms with van der Waals surface area (Å²) >= 11 is 0. The average Bonchev–Trinajstić information content (AvgIpc) is 2.10. The highest BCUT2D eigenvalue weighted by Gasteiger charge is 1.86. The summed E-state index contributed by atoms with van der Waals surface area (Å²) in [6.45, 7) is 2.30. The number of allylic oxidation sites excluding steroid dienone is 2. The molecule has 12 heavy (non-hydrogen) atoms. The molecule has 1 nitrogen and oxygen atoms in total. The zero-order valence-corrected chi connectivity index (χ0v) is 8.22. The molecule has 0 aliphatic carbocycles. The van der Waals surface area contributed by atoms with Crippen LogP contribution in [0.15, 0.2) is 12.2 Å². The van der Waals surface area contributed by atoms with E-state index in [1.165, 1.54) is 32.1 Å². The van der Waals surface area contributed by atoms with Gasteiger partial charge in [0.15, 0.2) is 0 Å². The molecule has 0 bridgehead atoms. The summed E-state index contributed by atoms with van der Waals surface area (Å²) in [5.41, 5.74) is 0. The van der Waals surface area contributed by atoms with E-state index in [0.717, 1.165) is 12.8 Å². The number of unbranched alkanes of at least 4 members (excludes halogenated alkanes) is 5. The largest absolute Gasteiger partial charge is 0.237 e. The number of rotatable bonds is 8. The van der Waals surface area contributed by atoms with E-state index in [9.17, 15) is 5.11 Å². The predicted octanol–water partition coefficient (Wildman–Crippen LogP) is 3.72. The maximum Gasteiger partial charge on any atom is 0.0822 e. The van der Waals surface area contributed by atoms with Crippen molar-refractivity contribution >= 4 is 0 Å². The minimum Gasteiger partial charge on any atom is -0.237 e. The third-order valence-electron chi connectivity index (χ3n) is 1.89. The molecule has 0 aliphatic heterocycles. The Morgan fingerprint density at radius 2 is 1.58 bits per heavy atom. The lowest BCUT2D eigenvalue weighted by molar-refractivity contribution is 0.186. The lowest BCUT2D eigenvalue weighted by Crippen LogP contribution is -1.80. The van der Waals surface area contributed by atoms with E-state index < -0.39 is 0 Å². The Kier molecular flexibility index (Phi) is 10.4.